The van der Waals surface area contributed by atoms with Crippen LogP contribution in [0.3, 0.4) is 0 Å². The van der Waals surface area contributed by atoms with Gasteiger partial charge >= 0.3 is 0 Å². The third-order valence-electron chi connectivity index (χ3n) is 3.00. The van der Waals surface area contributed by atoms with Crippen molar-refractivity contribution in [2.24, 2.45) is 0 Å². The normalized spacial score (nSPS) is 20.8. The minimum Gasteiger partial charge on any atom is -0.368 e. The molecule has 0 aromatic rings. The summed E-state index contributed by atoms with van der Waals surface area (Å²) in [7, 11) is 2.19. The lowest BCUT2D eigenvalue weighted by Crippen LogP contribution is -2.46. The summed E-state index contributed by atoms with van der Waals surface area (Å²) in [5, 5.41) is 0. The van der Waals surface area contributed by atoms with Gasteiger partial charge in [0.2, 0.25) is 0 Å². The Morgan fingerprint density at radius 3 is 1.80 bits per heavy atom. The molecule has 0 saturated heterocycles. The van der Waals surface area contributed by atoms with Crippen molar-refractivity contribution < 1.29 is 4.74 Å². The average Bonchev–Trinajstić information content (AvgIpc) is 2.62. The molecule has 1 saturated carbocycles. The lowest BCUT2D eigenvalue weighted by atomic mass is 10.1. The third kappa shape index (κ3) is 4.12. The highest BCUT2D eigenvalue weighted by Gasteiger charge is 2.48. The van der Waals surface area contributed by atoms with Gasteiger partial charge in [0.05, 0.1) is 11.2 Å². The number of rotatable bonds is 3. The first-order chi connectivity index (χ1) is 6.54. The predicted molar refractivity (Wildman–Crippen MR) is 65.2 cm³/mol. The zero-order chi connectivity index (χ0) is 11.9. The molecule has 2 nitrogen and oxygen atoms in total. The molecule has 0 unspecified atom stereocenters. The summed E-state index contributed by atoms with van der Waals surface area (Å²) in [4.78, 5) is 2.39. The van der Waals surface area contributed by atoms with Gasteiger partial charge in [0, 0.05) is 12.1 Å². The highest BCUT2D eigenvalue weighted by Crippen LogP contribution is 2.43. The molecule has 0 aliphatic heterocycles. The second-order valence-corrected chi connectivity index (χ2v) is 6.92. The van der Waals surface area contributed by atoms with Gasteiger partial charge in [-0.25, -0.2) is 0 Å². The van der Waals surface area contributed by atoms with E-state index >= 15 is 0 Å². The van der Waals surface area contributed by atoms with E-state index in [-0.39, 0.29) is 16.7 Å². The van der Waals surface area contributed by atoms with Crippen molar-refractivity contribution in [1.82, 2.24) is 4.90 Å². The van der Waals surface area contributed by atoms with E-state index in [1.165, 1.54) is 12.8 Å². The van der Waals surface area contributed by atoms with Gasteiger partial charge in [0.1, 0.15) is 0 Å². The Kier molecular flexibility index (Phi) is 3.24. The second-order valence-electron chi connectivity index (χ2n) is 6.92. The van der Waals surface area contributed by atoms with Crippen LogP contribution in [-0.4, -0.2) is 35.2 Å². The molecule has 15 heavy (non-hydrogen) atoms. The first kappa shape index (κ1) is 13.0. The largest absolute Gasteiger partial charge is 0.368 e. The number of hydrogen-bond acceptors (Lipinski definition) is 2. The molecule has 2 heteroatoms. The Bertz CT molecular complexity index is 218. The molecule has 0 N–H and O–H groups in total. The van der Waals surface area contributed by atoms with Crippen LogP contribution in [0, 0.1) is 0 Å². The van der Waals surface area contributed by atoms with Crippen molar-refractivity contribution in [3.63, 3.8) is 0 Å². The topological polar surface area (TPSA) is 12.5 Å². The van der Waals surface area contributed by atoms with Crippen LogP contribution in [-0.2, 0) is 4.74 Å². The second kappa shape index (κ2) is 3.74. The van der Waals surface area contributed by atoms with Crippen LogP contribution in [0.4, 0.5) is 0 Å². The number of hydrogen-bond donors (Lipinski definition) is 0. The van der Waals surface area contributed by atoms with Crippen molar-refractivity contribution in [3.8, 4) is 0 Å². The summed E-state index contributed by atoms with van der Waals surface area (Å²) < 4.78 is 6.16. The summed E-state index contributed by atoms with van der Waals surface area (Å²) in [6, 6.07) is 0. The van der Waals surface area contributed by atoms with Gasteiger partial charge in [-0.3, -0.25) is 4.90 Å². The summed E-state index contributed by atoms with van der Waals surface area (Å²) in [6.45, 7) is 14.2. The zero-order valence-corrected chi connectivity index (χ0v) is 11.5. The molecule has 0 spiro atoms. The summed E-state index contributed by atoms with van der Waals surface area (Å²) >= 11 is 0. The van der Waals surface area contributed by atoms with Gasteiger partial charge in [0.15, 0.2) is 0 Å². The molecule has 1 fully saturated rings. The smallest absolute Gasteiger partial charge is 0.0818 e. The van der Waals surface area contributed by atoms with E-state index < -0.39 is 0 Å². The fourth-order valence-corrected chi connectivity index (χ4v) is 1.75. The van der Waals surface area contributed by atoms with Crippen molar-refractivity contribution >= 4 is 0 Å². The van der Waals surface area contributed by atoms with Gasteiger partial charge in [-0.2, -0.15) is 0 Å². The quantitative estimate of drug-likeness (QED) is 0.714. The molecule has 0 aromatic carbocycles. The van der Waals surface area contributed by atoms with Gasteiger partial charge in [0.25, 0.3) is 0 Å². The molecule has 1 rings (SSSR count). The molecule has 0 atom stereocenters. The zero-order valence-electron chi connectivity index (χ0n) is 11.5. The fraction of sp³-hybridized carbons (Fsp3) is 1.00. The van der Waals surface area contributed by atoms with Crippen LogP contribution < -0.4 is 0 Å². The minimum atomic E-state index is -0.0186. The SMILES string of the molecule is CN(CC1(OC(C)(C)C)CC1)C(C)(C)C. The van der Waals surface area contributed by atoms with Crippen LogP contribution >= 0.6 is 0 Å². The van der Waals surface area contributed by atoms with Gasteiger partial charge in [-0.05, 0) is 61.4 Å². The van der Waals surface area contributed by atoms with Gasteiger partial charge < -0.3 is 4.74 Å². The van der Waals surface area contributed by atoms with Crippen LogP contribution in [0.2, 0.25) is 0 Å². The van der Waals surface area contributed by atoms with E-state index in [1.54, 1.807) is 0 Å². The fourth-order valence-electron chi connectivity index (χ4n) is 1.75. The van der Waals surface area contributed by atoms with E-state index in [4.69, 9.17) is 4.74 Å². The van der Waals surface area contributed by atoms with E-state index in [9.17, 15) is 0 Å². The van der Waals surface area contributed by atoms with Crippen LogP contribution in [0.1, 0.15) is 54.4 Å². The van der Waals surface area contributed by atoms with Crippen LogP contribution in [0.15, 0.2) is 0 Å². The van der Waals surface area contributed by atoms with E-state index in [0.717, 1.165) is 6.54 Å². The highest BCUT2D eigenvalue weighted by atomic mass is 16.5. The van der Waals surface area contributed by atoms with Crippen LogP contribution in [0.5, 0.6) is 0 Å². The third-order valence-corrected chi connectivity index (χ3v) is 3.00. The standard InChI is InChI=1S/C13H27NO/c1-11(2,3)14(7)10-13(8-9-13)15-12(4,5)6/h8-10H2,1-7H3. The van der Waals surface area contributed by atoms with E-state index in [0.29, 0.717) is 0 Å². The van der Waals surface area contributed by atoms with Gasteiger partial charge in [-0.15, -0.1) is 0 Å². The van der Waals surface area contributed by atoms with Crippen molar-refractivity contribution in [2.45, 2.75) is 71.1 Å². The summed E-state index contributed by atoms with van der Waals surface area (Å²) in [6.07, 6.45) is 2.43. The summed E-state index contributed by atoms with van der Waals surface area (Å²) in [5.41, 5.74) is 0.354. The monoisotopic (exact) mass is 213 g/mol. The number of likely N-dealkylation sites (N-methyl/N-ethyl adjacent to an activating group) is 1. The minimum absolute atomic E-state index is 0.0186. The molecular weight excluding hydrogens is 186 g/mol. The molecule has 1 aliphatic carbocycles. The first-order valence-electron chi connectivity index (χ1n) is 5.96. The maximum absolute atomic E-state index is 6.16. The Balaban J connectivity index is 2.51. The molecule has 1 aliphatic rings. The lowest BCUT2D eigenvalue weighted by Gasteiger charge is -2.37. The number of ether oxygens (including phenoxy) is 1. The maximum Gasteiger partial charge on any atom is 0.0818 e. The Labute approximate surface area is 95.0 Å². The predicted octanol–water partition coefficient (Wildman–Crippen LogP) is 3.06. The number of nitrogens with zero attached hydrogens (tertiary/aromatic N) is 1. The molecular formula is C13H27NO. The summed E-state index contributed by atoms with van der Waals surface area (Å²) in [5.74, 6) is 0. The Morgan fingerprint density at radius 2 is 1.53 bits per heavy atom. The van der Waals surface area contributed by atoms with Crippen LogP contribution in [0.25, 0.3) is 0 Å². The van der Waals surface area contributed by atoms with E-state index in [1.807, 2.05) is 0 Å². The van der Waals surface area contributed by atoms with E-state index in [2.05, 4.69) is 53.5 Å². The maximum atomic E-state index is 6.16. The molecule has 0 radical (unpaired) electrons. The Morgan fingerprint density at radius 1 is 1.07 bits per heavy atom. The molecule has 0 bridgehead atoms. The molecule has 0 heterocycles. The van der Waals surface area contributed by atoms with Crippen molar-refractivity contribution in [1.29, 1.82) is 0 Å². The molecule has 0 aromatic heterocycles. The lowest BCUT2D eigenvalue weighted by molar-refractivity contribution is -0.0928. The average molecular weight is 213 g/mol. The van der Waals surface area contributed by atoms with Gasteiger partial charge in [-0.1, -0.05) is 0 Å². The molecule has 90 valence electrons. The Hall–Kier alpha value is -0.0800. The van der Waals surface area contributed by atoms with Crippen molar-refractivity contribution in [2.75, 3.05) is 13.6 Å². The highest BCUT2D eigenvalue weighted by molar-refractivity contribution is 5.00. The first-order valence-corrected chi connectivity index (χ1v) is 5.96. The molecule has 0 amide bonds. The van der Waals surface area contributed by atoms with Crippen molar-refractivity contribution in [3.05, 3.63) is 0 Å².